The minimum absolute atomic E-state index is 0.225. The Hall–Kier alpha value is -2.95. The van der Waals surface area contributed by atoms with Gasteiger partial charge in [0.15, 0.2) is 5.82 Å². The molecule has 0 amide bonds. The van der Waals surface area contributed by atoms with E-state index in [2.05, 4.69) is 15.5 Å². The van der Waals surface area contributed by atoms with Gasteiger partial charge in [0.2, 0.25) is 0 Å². The number of phenols is 2. The molecule has 0 unspecified atom stereocenters. The van der Waals surface area contributed by atoms with E-state index in [1.54, 1.807) is 30.3 Å². The molecule has 0 saturated carbocycles. The van der Waals surface area contributed by atoms with Crippen LogP contribution in [-0.4, -0.2) is 20.4 Å². The van der Waals surface area contributed by atoms with Crippen LogP contribution < -0.4 is 5.32 Å². The SMILES string of the molecule is Cc1cc(-c2cc(Nc3ccc(O)cc3)n[nH]2)ccc1O. The number of aromatic hydroxyl groups is 2. The van der Waals surface area contributed by atoms with Gasteiger partial charge in [0.1, 0.15) is 11.5 Å². The molecule has 0 radical (unpaired) electrons. The van der Waals surface area contributed by atoms with Gasteiger partial charge in [-0.3, -0.25) is 5.10 Å². The monoisotopic (exact) mass is 281 g/mol. The summed E-state index contributed by atoms with van der Waals surface area (Å²) < 4.78 is 0. The quantitative estimate of drug-likeness (QED) is 0.553. The molecule has 0 aliphatic heterocycles. The van der Waals surface area contributed by atoms with Crippen molar-refractivity contribution in [3.8, 4) is 22.8 Å². The highest BCUT2D eigenvalue weighted by molar-refractivity contribution is 5.67. The van der Waals surface area contributed by atoms with Gasteiger partial charge in [-0.05, 0) is 55.0 Å². The van der Waals surface area contributed by atoms with E-state index in [1.807, 2.05) is 25.1 Å². The van der Waals surface area contributed by atoms with Gasteiger partial charge in [0.25, 0.3) is 0 Å². The minimum Gasteiger partial charge on any atom is -0.508 e. The molecule has 0 aliphatic rings. The lowest BCUT2D eigenvalue weighted by atomic mass is 10.1. The topological polar surface area (TPSA) is 81.2 Å². The fourth-order valence-electron chi connectivity index (χ4n) is 2.05. The van der Waals surface area contributed by atoms with Crippen molar-refractivity contribution in [2.75, 3.05) is 5.32 Å². The van der Waals surface area contributed by atoms with Crippen LogP contribution in [-0.2, 0) is 0 Å². The zero-order chi connectivity index (χ0) is 14.8. The van der Waals surface area contributed by atoms with Crippen LogP contribution in [0.3, 0.4) is 0 Å². The van der Waals surface area contributed by atoms with Crippen LogP contribution in [0.5, 0.6) is 11.5 Å². The second kappa shape index (κ2) is 5.20. The zero-order valence-corrected chi connectivity index (χ0v) is 11.5. The second-order valence-electron chi connectivity index (χ2n) is 4.84. The maximum atomic E-state index is 9.55. The number of nitrogens with one attached hydrogen (secondary N) is 2. The lowest BCUT2D eigenvalue weighted by molar-refractivity contribution is 0.471. The number of phenolic OH excluding ortho intramolecular Hbond substituents is 2. The molecule has 106 valence electrons. The lowest BCUT2D eigenvalue weighted by Gasteiger charge is -2.02. The number of aryl methyl sites for hydroxylation is 1. The van der Waals surface area contributed by atoms with Crippen molar-refractivity contribution in [1.82, 2.24) is 10.2 Å². The number of anilines is 2. The summed E-state index contributed by atoms with van der Waals surface area (Å²) in [5.74, 6) is 1.19. The molecule has 0 saturated heterocycles. The fraction of sp³-hybridized carbons (Fsp3) is 0.0625. The highest BCUT2D eigenvalue weighted by atomic mass is 16.3. The molecule has 0 aliphatic carbocycles. The normalized spacial score (nSPS) is 10.5. The van der Waals surface area contributed by atoms with E-state index in [1.165, 1.54) is 0 Å². The summed E-state index contributed by atoms with van der Waals surface area (Å²) in [5.41, 5.74) is 3.47. The molecule has 2 aromatic carbocycles. The third kappa shape index (κ3) is 2.81. The van der Waals surface area contributed by atoms with Gasteiger partial charge >= 0.3 is 0 Å². The molecule has 1 aromatic heterocycles. The van der Waals surface area contributed by atoms with E-state index in [0.29, 0.717) is 5.82 Å². The van der Waals surface area contributed by atoms with Crippen molar-refractivity contribution >= 4 is 11.5 Å². The number of benzene rings is 2. The summed E-state index contributed by atoms with van der Waals surface area (Å²) in [6.07, 6.45) is 0. The first-order valence-corrected chi connectivity index (χ1v) is 6.53. The summed E-state index contributed by atoms with van der Waals surface area (Å²) in [5, 5.41) is 29.1. The third-order valence-corrected chi connectivity index (χ3v) is 3.23. The van der Waals surface area contributed by atoms with Gasteiger partial charge in [0, 0.05) is 17.3 Å². The number of aromatic nitrogens is 2. The molecule has 21 heavy (non-hydrogen) atoms. The summed E-state index contributed by atoms with van der Waals surface area (Å²) in [4.78, 5) is 0. The Morgan fingerprint density at radius 3 is 2.48 bits per heavy atom. The van der Waals surface area contributed by atoms with Crippen molar-refractivity contribution in [1.29, 1.82) is 0 Å². The molecule has 0 spiro atoms. The molecular weight excluding hydrogens is 266 g/mol. The molecule has 5 nitrogen and oxygen atoms in total. The number of hydrogen-bond acceptors (Lipinski definition) is 4. The van der Waals surface area contributed by atoms with E-state index < -0.39 is 0 Å². The van der Waals surface area contributed by atoms with Gasteiger partial charge in [-0.2, -0.15) is 5.10 Å². The Labute approximate surface area is 121 Å². The van der Waals surface area contributed by atoms with Gasteiger partial charge < -0.3 is 15.5 Å². The molecule has 5 heteroatoms. The number of H-pyrrole nitrogens is 1. The molecule has 3 rings (SSSR count). The van der Waals surface area contributed by atoms with E-state index in [4.69, 9.17) is 0 Å². The molecule has 3 aromatic rings. The van der Waals surface area contributed by atoms with Crippen LogP contribution in [0.4, 0.5) is 11.5 Å². The number of rotatable bonds is 3. The molecule has 0 atom stereocenters. The predicted octanol–water partition coefficient (Wildman–Crippen LogP) is 3.54. The van der Waals surface area contributed by atoms with E-state index in [9.17, 15) is 10.2 Å². The molecule has 0 fully saturated rings. The van der Waals surface area contributed by atoms with E-state index in [0.717, 1.165) is 22.5 Å². The first-order valence-electron chi connectivity index (χ1n) is 6.53. The number of hydrogen-bond donors (Lipinski definition) is 4. The highest BCUT2D eigenvalue weighted by Crippen LogP contribution is 2.26. The fourth-order valence-corrected chi connectivity index (χ4v) is 2.05. The lowest BCUT2D eigenvalue weighted by Crippen LogP contribution is -1.89. The van der Waals surface area contributed by atoms with Crippen LogP contribution in [0.1, 0.15) is 5.56 Å². The Balaban J connectivity index is 1.82. The average Bonchev–Trinajstić information content (AvgIpc) is 2.93. The Bertz CT molecular complexity index is 763. The zero-order valence-electron chi connectivity index (χ0n) is 11.5. The number of aromatic amines is 1. The Morgan fingerprint density at radius 1 is 1.00 bits per heavy atom. The summed E-state index contributed by atoms with van der Waals surface area (Å²) in [6.45, 7) is 1.85. The minimum atomic E-state index is 0.225. The van der Waals surface area contributed by atoms with Crippen molar-refractivity contribution in [3.05, 3.63) is 54.1 Å². The summed E-state index contributed by atoms with van der Waals surface area (Å²) in [7, 11) is 0. The highest BCUT2D eigenvalue weighted by Gasteiger charge is 2.06. The summed E-state index contributed by atoms with van der Waals surface area (Å²) >= 11 is 0. The number of nitrogens with zero attached hydrogens (tertiary/aromatic N) is 1. The van der Waals surface area contributed by atoms with Crippen molar-refractivity contribution in [2.45, 2.75) is 6.92 Å². The van der Waals surface area contributed by atoms with Gasteiger partial charge in [-0.15, -0.1) is 0 Å². The van der Waals surface area contributed by atoms with Crippen LogP contribution in [0.15, 0.2) is 48.5 Å². The second-order valence-corrected chi connectivity index (χ2v) is 4.84. The average molecular weight is 281 g/mol. The van der Waals surface area contributed by atoms with Gasteiger partial charge in [0.05, 0.1) is 5.69 Å². The Morgan fingerprint density at radius 2 is 1.76 bits per heavy atom. The smallest absolute Gasteiger partial charge is 0.152 e. The molecule has 0 bridgehead atoms. The van der Waals surface area contributed by atoms with E-state index in [-0.39, 0.29) is 11.5 Å². The molecular formula is C16H15N3O2. The standard InChI is InChI=1S/C16H15N3O2/c1-10-8-11(2-7-15(10)21)14-9-16(19-18-14)17-12-3-5-13(20)6-4-12/h2-9,20-21H,1H3,(H2,17,18,19). The molecule has 1 heterocycles. The maximum Gasteiger partial charge on any atom is 0.152 e. The van der Waals surface area contributed by atoms with Crippen molar-refractivity contribution in [3.63, 3.8) is 0 Å². The first-order chi connectivity index (χ1) is 10.1. The van der Waals surface area contributed by atoms with Crippen LogP contribution in [0, 0.1) is 6.92 Å². The van der Waals surface area contributed by atoms with Crippen LogP contribution >= 0.6 is 0 Å². The third-order valence-electron chi connectivity index (χ3n) is 3.23. The summed E-state index contributed by atoms with van der Waals surface area (Å²) in [6, 6.07) is 14.0. The van der Waals surface area contributed by atoms with Crippen LogP contribution in [0.2, 0.25) is 0 Å². The van der Waals surface area contributed by atoms with Crippen molar-refractivity contribution < 1.29 is 10.2 Å². The van der Waals surface area contributed by atoms with Crippen LogP contribution in [0.25, 0.3) is 11.3 Å². The largest absolute Gasteiger partial charge is 0.508 e. The van der Waals surface area contributed by atoms with Gasteiger partial charge in [-0.1, -0.05) is 0 Å². The first kappa shape index (κ1) is 13.1. The van der Waals surface area contributed by atoms with E-state index >= 15 is 0 Å². The van der Waals surface area contributed by atoms with Gasteiger partial charge in [-0.25, -0.2) is 0 Å². The Kier molecular flexibility index (Phi) is 3.23. The maximum absolute atomic E-state index is 9.55. The predicted molar refractivity (Wildman–Crippen MR) is 81.8 cm³/mol. The van der Waals surface area contributed by atoms with Crippen molar-refractivity contribution in [2.24, 2.45) is 0 Å². The molecule has 4 N–H and O–H groups in total.